The molecule has 0 radical (unpaired) electrons. The van der Waals surface area contributed by atoms with Crippen molar-refractivity contribution in [3.63, 3.8) is 0 Å². The van der Waals surface area contributed by atoms with Gasteiger partial charge in [0.25, 0.3) is 0 Å². The molecular weight excluding hydrogens is 985 g/mol. The fraction of sp³-hybridized carbons (Fsp3) is 0.0533. The number of para-hydroxylation sites is 4. The number of allylic oxidation sites excluding steroid dienone is 3. The van der Waals surface area contributed by atoms with E-state index in [4.69, 9.17) is 15.0 Å². The largest absolute Gasteiger partial charge is 0.333 e. The van der Waals surface area contributed by atoms with Crippen molar-refractivity contribution in [3.8, 4) is 67.8 Å². The number of hydrogen-bond donors (Lipinski definition) is 0. The molecule has 3 aromatic heterocycles. The Morgan fingerprint density at radius 3 is 1.64 bits per heavy atom. The summed E-state index contributed by atoms with van der Waals surface area (Å²) in [6, 6.07) is 89.9. The Labute approximate surface area is 470 Å². The van der Waals surface area contributed by atoms with Crippen molar-refractivity contribution in [2.24, 2.45) is 0 Å². The van der Waals surface area contributed by atoms with E-state index >= 15 is 0 Å². The van der Waals surface area contributed by atoms with Crippen LogP contribution >= 0.6 is 0 Å². The highest BCUT2D eigenvalue weighted by atomic mass is 15.2. The van der Waals surface area contributed by atoms with Crippen LogP contribution in [0.2, 0.25) is 0 Å². The van der Waals surface area contributed by atoms with Crippen LogP contribution in [0.4, 0.5) is 11.4 Å². The number of rotatable bonds is 9. The van der Waals surface area contributed by atoms with Gasteiger partial charge in [0.1, 0.15) is 0 Å². The number of fused-ring (bicyclic) bond motifs is 9. The predicted molar refractivity (Wildman–Crippen MR) is 333 cm³/mol. The Bertz CT molecular complexity index is 4570. The summed E-state index contributed by atoms with van der Waals surface area (Å²) in [7, 11) is 0. The normalized spacial score (nSPS) is 16.0. The van der Waals surface area contributed by atoms with Crippen LogP contribution in [0.5, 0.6) is 0 Å². The van der Waals surface area contributed by atoms with Crippen molar-refractivity contribution in [2.45, 2.75) is 24.3 Å². The summed E-state index contributed by atoms with van der Waals surface area (Å²) >= 11 is 0. The minimum Gasteiger partial charge on any atom is -0.333 e. The van der Waals surface area contributed by atoms with Crippen LogP contribution in [-0.2, 0) is 6.42 Å². The van der Waals surface area contributed by atoms with E-state index in [0.717, 1.165) is 62.1 Å². The number of benzene rings is 10. The van der Waals surface area contributed by atoms with E-state index in [9.17, 15) is 0 Å². The van der Waals surface area contributed by atoms with Gasteiger partial charge in [-0.3, -0.25) is 0 Å². The third-order valence-corrected chi connectivity index (χ3v) is 16.9. The standard InChI is InChI=1S/C75H52N6/c1-5-20-49(21-6-1)73-76-74(50-22-7-2-8-23-50)78-75(77-73)56-25-19-24-51(44-56)53-36-40-59(71(47-53)81-67-34-17-13-30-60(67)61-31-14-18-35-68(61)81)55-39-43-70-65(46-55)63-41-37-54(48-72(63)80(70)58-28-11-4-12-29-58)52-38-42-69-64(45-52)62-32-15-16-33-66(62)79(69)57-26-9-3-10-27-57/h1-47,54,62,66H,48H2. The SMILES string of the molecule is C1=CC2c3cc(C4C=Cc5c(n(-c6ccccc6)c6ccc(-c7ccc(-c8cccc(-c9nc(-c%10ccccc%10)nc(-c%10ccccc%10)n9)c8)cc7-n7c8ccccc8c8ccccc87)cc56)C4)ccc3N(c3ccccc3)C2C=C1. The van der Waals surface area contributed by atoms with Crippen molar-refractivity contribution in [1.29, 1.82) is 0 Å². The summed E-state index contributed by atoms with van der Waals surface area (Å²) in [5.41, 5.74) is 20.9. The highest BCUT2D eigenvalue weighted by molar-refractivity contribution is 6.10. The first-order valence-corrected chi connectivity index (χ1v) is 28.0. The molecule has 3 atom stereocenters. The Balaban J connectivity index is 0.832. The van der Waals surface area contributed by atoms with Gasteiger partial charge in [-0.15, -0.1) is 0 Å². The summed E-state index contributed by atoms with van der Waals surface area (Å²) in [5.74, 6) is 2.39. The van der Waals surface area contributed by atoms with Crippen LogP contribution in [0.25, 0.3) is 107 Å². The van der Waals surface area contributed by atoms with Gasteiger partial charge in [0, 0.05) is 78.6 Å². The smallest absolute Gasteiger partial charge is 0.164 e. The molecule has 0 saturated carbocycles. The lowest BCUT2D eigenvalue weighted by Gasteiger charge is -2.28. The third kappa shape index (κ3) is 7.90. The number of aromatic nitrogens is 5. The van der Waals surface area contributed by atoms with E-state index in [1.807, 2.05) is 36.4 Å². The average Bonchev–Trinajstić information content (AvgIpc) is 4.32. The first kappa shape index (κ1) is 46.6. The minimum absolute atomic E-state index is 0.205. The van der Waals surface area contributed by atoms with E-state index < -0.39 is 0 Å². The van der Waals surface area contributed by atoms with Gasteiger partial charge in [0.15, 0.2) is 17.5 Å². The fourth-order valence-electron chi connectivity index (χ4n) is 13.1. The predicted octanol–water partition coefficient (Wildman–Crippen LogP) is 18.3. The van der Waals surface area contributed by atoms with Gasteiger partial charge < -0.3 is 14.0 Å². The molecule has 6 heteroatoms. The van der Waals surface area contributed by atoms with Gasteiger partial charge >= 0.3 is 0 Å². The second-order valence-corrected chi connectivity index (χ2v) is 21.5. The zero-order valence-electron chi connectivity index (χ0n) is 44.3. The van der Waals surface area contributed by atoms with Gasteiger partial charge in [-0.2, -0.15) is 0 Å². The molecule has 0 bridgehead atoms. The maximum atomic E-state index is 5.11. The molecule has 0 amide bonds. The van der Waals surface area contributed by atoms with E-state index in [1.54, 1.807) is 0 Å². The van der Waals surface area contributed by atoms with E-state index in [0.29, 0.717) is 17.5 Å². The van der Waals surface area contributed by atoms with E-state index in [1.165, 1.54) is 61.1 Å². The quantitative estimate of drug-likeness (QED) is 0.145. The molecule has 10 aromatic carbocycles. The lowest BCUT2D eigenvalue weighted by Crippen LogP contribution is -2.28. The molecule has 4 heterocycles. The highest BCUT2D eigenvalue weighted by Gasteiger charge is 2.38. The highest BCUT2D eigenvalue weighted by Crippen LogP contribution is 2.50. The molecule has 3 aliphatic rings. The molecule has 81 heavy (non-hydrogen) atoms. The topological polar surface area (TPSA) is 51.8 Å². The lowest BCUT2D eigenvalue weighted by molar-refractivity contribution is 0.741. The van der Waals surface area contributed by atoms with Crippen LogP contribution in [0.3, 0.4) is 0 Å². The summed E-state index contributed by atoms with van der Waals surface area (Å²) in [4.78, 5) is 17.7. The average molecular weight is 1040 g/mol. The maximum Gasteiger partial charge on any atom is 0.164 e. The molecule has 0 fully saturated rings. The second-order valence-electron chi connectivity index (χ2n) is 21.5. The molecule has 16 rings (SSSR count). The number of anilines is 2. The van der Waals surface area contributed by atoms with Gasteiger partial charge in [-0.05, 0) is 101 Å². The van der Waals surface area contributed by atoms with Crippen molar-refractivity contribution in [1.82, 2.24) is 24.1 Å². The molecule has 2 aliphatic carbocycles. The van der Waals surface area contributed by atoms with Crippen molar-refractivity contribution >= 4 is 50.2 Å². The molecule has 382 valence electrons. The molecule has 0 saturated heterocycles. The van der Waals surface area contributed by atoms with Crippen LogP contribution in [0.15, 0.2) is 279 Å². The third-order valence-electron chi connectivity index (χ3n) is 16.9. The zero-order chi connectivity index (χ0) is 53.4. The van der Waals surface area contributed by atoms with Gasteiger partial charge in [-0.1, -0.05) is 218 Å². The Morgan fingerprint density at radius 1 is 0.370 bits per heavy atom. The minimum atomic E-state index is 0.205. The first-order valence-electron chi connectivity index (χ1n) is 28.0. The van der Waals surface area contributed by atoms with Gasteiger partial charge in [0.05, 0.1) is 28.3 Å². The van der Waals surface area contributed by atoms with Crippen LogP contribution < -0.4 is 4.90 Å². The second kappa shape index (κ2) is 19.2. The Kier molecular flexibility index (Phi) is 11.0. The Hall–Kier alpha value is -10.4. The molecule has 1 aliphatic heterocycles. The molecule has 13 aromatic rings. The number of hydrogen-bond acceptors (Lipinski definition) is 4. The van der Waals surface area contributed by atoms with Crippen molar-refractivity contribution in [3.05, 3.63) is 301 Å². The number of nitrogens with zero attached hydrogens (tertiary/aromatic N) is 6. The van der Waals surface area contributed by atoms with E-state index in [2.05, 4.69) is 263 Å². The summed E-state index contributed by atoms with van der Waals surface area (Å²) < 4.78 is 4.98. The zero-order valence-corrected chi connectivity index (χ0v) is 44.3. The molecule has 3 unspecified atom stereocenters. The lowest BCUT2D eigenvalue weighted by atomic mass is 9.84. The maximum absolute atomic E-state index is 5.11. The van der Waals surface area contributed by atoms with Crippen molar-refractivity contribution < 1.29 is 0 Å². The van der Waals surface area contributed by atoms with Crippen LogP contribution in [-0.4, -0.2) is 30.1 Å². The van der Waals surface area contributed by atoms with Crippen molar-refractivity contribution in [2.75, 3.05) is 4.90 Å². The molecule has 0 spiro atoms. The Morgan fingerprint density at radius 2 is 0.938 bits per heavy atom. The van der Waals surface area contributed by atoms with Gasteiger partial charge in [0.2, 0.25) is 0 Å². The van der Waals surface area contributed by atoms with Crippen LogP contribution in [0.1, 0.15) is 34.2 Å². The first-order chi connectivity index (χ1) is 40.2. The molecule has 6 nitrogen and oxygen atoms in total. The summed E-state index contributed by atoms with van der Waals surface area (Å²) in [5, 5.41) is 3.68. The fourth-order valence-corrected chi connectivity index (χ4v) is 13.1. The van der Waals surface area contributed by atoms with E-state index in [-0.39, 0.29) is 17.9 Å². The summed E-state index contributed by atoms with van der Waals surface area (Å²) in [6.45, 7) is 0. The van der Waals surface area contributed by atoms with Crippen LogP contribution in [0, 0.1) is 0 Å². The monoisotopic (exact) mass is 1040 g/mol. The van der Waals surface area contributed by atoms with Gasteiger partial charge in [-0.25, -0.2) is 15.0 Å². The summed E-state index contributed by atoms with van der Waals surface area (Å²) in [6.07, 6.45) is 14.9. The molecule has 0 N–H and O–H groups in total. The molecular formula is C75H52N6.